The SMILES string of the molecule is C#C.CC.CC.Cc1nc(C2=CCC=C(CN(c3ccccc3)c3ncccc3N)C=C2)n(-c2ccccc2)c1N. The van der Waals surface area contributed by atoms with Crippen LogP contribution in [0.2, 0.25) is 0 Å². The summed E-state index contributed by atoms with van der Waals surface area (Å²) in [7, 11) is 0. The summed E-state index contributed by atoms with van der Waals surface area (Å²) in [6.07, 6.45) is 19.2. The van der Waals surface area contributed by atoms with Crippen molar-refractivity contribution in [2.45, 2.75) is 41.0 Å². The van der Waals surface area contributed by atoms with Crippen LogP contribution < -0.4 is 16.4 Å². The van der Waals surface area contributed by atoms with Crippen molar-refractivity contribution < 1.29 is 0 Å². The first kappa shape index (κ1) is 32.2. The number of anilines is 4. The summed E-state index contributed by atoms with van der Waals surface area (Å²) in [5, 5.41) is 0. The van der Waals surface area contributed by atoms with Crippen molar-refractivity contribution in [1.29, 1.82) is 0 Å². The number of nitrogen functional groups attached to an aromatic ring is 2. The van der Waals surface area contributed by atoms with E-state index in [9.17, 15) is 0 Å². The number of nitrogens with two attached hydrogens (primary N) is 2. The van der Waals surface area contributed by atoms with Crippen LogP contribution in [-0.2, 0) is 0 Å². The minimum absolute atomic E-state index is 0.636. The Labute approximate surface area is 245 Å². The van der Waals surface area contributed by atoms with Crippen LogP contribution in [0.5, 0.6) is 0 Å². The normalized spacial score (nSPS) is 11.6. The Morgan fingerprint density at radius 1 is 0.829 bits per heavy atom. The van der Waals surface area contributed by atoms with Gasteiger partial charge in [0.15, 0.2) is 5.82 Å². The fourth-order valence-electron chi connectivity index (χ4n) is 4.24. The number of aromatic nitrogens is 3. The predicted octanol–water partition coefficient (Wildman–Crippen LogP) is 8.15. The van der Waals surface area contributed by atoms with Gasteiger partial charge in [-0.05, 0) is 55.3 Å². The molecule has 0 spiro atoms. The first-order valence-corrected chi connectivity index (χ1v) is 14.0. The minimum atomic E-state index is 0.636. The fourth-order valence-corrected chi connectivity index (χ4v) is 4.24. The van der Waals surface area contributed by atoms with E-state index in [-0.39, 0.29) is 0 Å². The predicted molar refractivity (Wildman–Crippen MR) is 177 cm³/mol. The Morgan fingerprint density at radius 2 is 1.46 bits per heavy atom. The molecule has 0 unspecified atom stereocenters. The van der Waals surface area contributed by atoms with Crippen LogP contribution in [0.3, 0.4) is 0 Å². The highest BCUT2D eigenvalue weighted by Crippen LogP contribution is 2.31. The number of hydrogen-bond donors (Lipinski definition) is 2. The molecule has 0 radical (unpaired) electrons. The second-order valence-corrected chi connectivity index (χ2v) is 8.42. The number of pyridine rings is 1. The van der Waals surface area contributed by atoms with Crippen LogP contribution in [-0.4, -0.2) is 21.1 Å². The molecule has 0 amide bonds. The van der Waals surface area contributed by atoms with Crippen LogP contribution in [0.25, 0.3) is 11.3 Å². The van der Waals surface area contributed by atoms with Crippen molar-refractivity contribution in [3.63, 3.8) is 0 Å². The summed E-state index contributed by atoms with van der Waals surface area (Å²) in [5.41, 5.74) is 18.4. The Bertz CT molecular complexity index is 1460. The van der Waals surface area contributed by atoms with Crippen LogP contribution in [0.1, 0.15) is 45.6 Å². The maximum atomic E-state index is 6.43. The van der Waals surface area contributed by atoms with Crippen LogP contribution in [0.4, 0.5) is 23.0 Å². The molecule has 5 rings (SSSR count). The molecule has 41 heavy (non-hydrogen) atoms. The van der Waals surface area contributed by atoms with Gasteiger partial charge in [-0.15, -0.1) is 12.8 Å². The zero-order valence-electron chi connectivity index (χ0n) is 24.8. The van der Waals surface area contributed by atoms with Crippen LogP contribution in [0.15, 0.2) is 109 Å². The van der Waals surface area contributed by atoms with E-state index in [1.807, 2.05) is 99.8 Å². The van der Waals surface area contributed by atoms with Crippen molar-refractivity contribution in [3.8, 4) is 18.5 Å². The van der Waals surface area contributed by atoms with Crippen molar-refractivity contribution in [2.24, 2.45) is 0 Å². The second-order valence-electron chi connectivity index (χ2n) is 8.42. The van der Waals surface area contributed by atoms with E-state index < -0.39 is 0 Å². The number of rotatable bonds is 6. The lowest BCUT2D eigenvalue weighted by atomic mass is 10.1. The summed E-state index contributed by atoms with van der Waals surface area (Å²) >= 11 is 0. The van der Waals surface area contributed by atoms with E-state index >= 15 is 0 Å². The summed E-state index contributed by atoms with van der Waals surface area (Å²) in [5.74, 6) is 2.23. The lowest BCUT2D eigenvalue weighted by molar-refractivity contribution is 1.02. The topological polar surface area (TPSA) is 86.0 Å². The van der Waals surface area contributed by atoms with Gasteiger partial charge in [-0.3, -0.25) is 4.57 Å². The molecule has 0 saturated carbocycles. The highest BCUT2D eigenvalue weighted by molar-refractivity contribution is 5.76. The van der Waals surface area contributed by atoms with Gasteiger partial charge in [0.25, 0.3) is 0 Å². The van der Waals surface area contributed by atoms with Gasteiger partial charge >= 0.3 is 0 Å². The number of para-hydroxylation sites is 2. The van der Waals surface area contributed by atoms with Gasteiger partial charge in [0.2, 0.25) is 0 Å². The van der Waals surface area contributed by atoms with Gasteiger partial charge in [-0.2, -0.15) is 0 Å². The van der Waals surface area contributed by atoms with Crippen molar-refractivity contribution in [1.82, 2.24) is 14.5 Å². The van der Waals surface area contributed by atoms with Gasteiger partial charge in [0.1, 0.15) is 11.6 Å². The molecule has 0 bridgehead atoms. The minimum Gasteiger partial charge on any atom is -0.396 e. The molecule has 6 heteroatoms. The molecule has 0 atom stereocenters. The lowest BCUT2D eigenvalue weighted by Gasteiger charge is -2.25. The number of allylic oxidation sites excluding steroid dienone is 4. The molecule has 2 aromatic carbocycles. The molecule has 2 aromatic heterocycles. The lowest BCUT2D eigenvalue weighted by Crippen LogP contribution is -2.21. The largest absolute Gasteiger partial charge is 0.396 e. The molecular weight excluding hydrogens is 504 g/mol. The maximum absolute atomic E-state index is 6.43. The first-order chi connectivity index (χ1) is 20.1. The Kier molecular flexibility index (Phi) is 13.2. The van der Waals surface area contributed by atoms with Gasteiger partial charge in [-0.1, -0.05) is 88.4 Å². The molecule has 1 aliphatic rings. The molecule has 0 fully saturated rings. The summed E-state index contributed by atoms with van der Waals surface area (Å²) in [6.45, 7) is 10.6. The average Bonchev–Trinajstić information content (AvgIpc) is 3.18. The molecule has 2 heterocycles. The highest BCUT2D eigenvalue weighted by atomic mass is 15.2. The van der Waals surface area contributed by atoms with Gasteiger partial charge in [-0.25, -0.2) is 9.97 Å². The van der Waals surface area contributed by atoms with E-state index in [0.29, 0.717) is 18.1 Å². The number of imidazole rings is 1. The Balaban J connectivity index is 0.000000921. The van der Waals surface area contributed by atoms with E-state index in [2.05, 4.69) is 59.2 Å². The quantitative estimate of drug-likeness (QED) is 0.238. The van der Waals surface area contributed by atoms with E-state index in [1.165, 1.54) is 0 Å². The van der Waals surface area contributed by atoms with E-state index in [0.717, 1.165) is 46.3 Å². The molecule has 0 saturated heterocycles. The maximum Gasteiger partial charge on any atom is 0.156 e. The van der Waals surface area contributed by atoms with E-state index in [1.54, 1.807) is 6.20 Å². The molecule has 4 aromatic rings. The highest BCUT2D eigenvalue weighted by Gasteiger charge is 2.18. The first-order valence-electron chi connectivity index (χ1n) is 14.0. The van der Waals surface area contributed by atoms with Gasteiger partial charge in [0.05, 0.1) is 11.4 Å². The Hall–Kier alpha value is -5.02. The third kappa shape index (κ3) is 8.00. The molecular formula is C35H42N6. The summed E-state index contributed by atoms with van der Waals surface area (Å²) in [6, 6.07) is 24.0. The van der Waals surface area contributed by atoms with E-state index in [4.69, 9.17) is 16.5 Å². The van der Waals surface area contributed by atoms with Crippen LogP contribution in [0, 0.1) is 19.8 Å². The molecule has 1 aliphatic carbocycles. The van der Waals surface area contributed by atoms with Gasteiger partial charge < -0.3 is 16.4 Å². The van der Waals surface area contributed by atoms with Gasteiger partial charge in [0, 0.05) is 29.7 Å². The van der Waals surface area contributed by atoms with Crippen LogP contribution >= 0.6 is 0 Å². The van der Waals surface area contributed by atoms with Crippen molar-refractivity contribution >= 4 is 28.6 Å². The number of terminal acetylenes is 1. The third-order valence-electron chi connectivity index (χ3n) is 6.05. The molecule has 4 N–H and O–H groups in total. The molecule has 212 valence electrons. The van der Waals surface area contributed by atoms with Crippen molar-refractivity contribution in [3.05, 3.63) is 120 Å². The fraction of sp³-hybridized carbons (Fsp3) is 0.200. The number of aryl methyl sites for hydroxylation is 1. The summed E-state index contributed by atoms with van der Waals surface area (Å²) in [4.78, 5) is 11.5. The molecule has 6 nitrogen and oxygen atoms in total. The molecule has 0 aliphatic heterocycles. The number of hydrogen-bond acceptors (Lipinski definition) is 5. The number of nitrogens with zero attached hydrogens (tertiary/aromatic N) is 4. The third-order valence-corrected chi connectivity index (χ3v) is 6.05. The standard InChI is InChI=1S/C29H28N6.2C2H6.C2H2/c1-21-27(31)35(25-14-6-3-7-15-25)28(33-21)23-11-8-10-22(17-18-23)20-34(24-12-4-2-5-13-24)29-26(30)16-9-19-32-29;3*1-2/h2-7,9-19H,8,20,30-31H2,1H3;2*1-2H3;1-2H. The smallest absolute Gasteiger partial charge is 0.156 e. The average molecular weight is 547 g/mol. The summed E-state index contributed by atoms with van der Waals surface area (Å²) < 4.78 is 2.02. The Morgan fingerprint density at radius 3 is 2.10 bits per heavy atom. The second kappa shape index (κ2) is 16.8. The monoisotopic (exact) mass is 546 g/mol. The zero-order chi connectivity index (χ0) is 30.2. The zero-order valence-corrected chi connectivity index (χ0v) is 24.8. The van der Waals surface area contributed by atoms with Crippen molar-refractivity contribution in [2.75, 3.05) is 22.9 Å². The number of benzene rings is 2.